The summed E-state index contributed by atoms with van der Waals surface area (Å²) in [4.78, 5) is 34.1. The van der Waals surface area contributed by atoms with E-state index >= 15 is 0 Å². The molecule has 4 rings (SSSR count). The molecule has 0 aliphatic carbocycles. The van der Waals surface area contributed by atoms with Crippen molar-refractivity contribution in [3.8, 4) is 12.3 Å². The molecule has 0 radical (unpaired) electrons. The molecule has 2 heterocycles. The third-order valence-electron chi connectivity index (χ3n) is 6.11. The number of hydrogen-bond donors (Lipinski definition) is 1. The van der Waals surface area contributed by atoms with Gasteiger partial charge in [-0.05, 0) is 43.0 Å². The Balaban J connectivity index is 1.66. The van der Waals surface area contributed by atoms with E-state index in [0.717, 1.165) is 20.9 Å². The number of nitrogens with zero attached hydrogens (tertiary/aromatic N) is 3. The normalized spacial score (nSPS) is 11.8. The predicted molar refractivity (Wildman–Crippen MR) is 145 cm³/mol. The van der Waals surface area contributed by atoms with Gasteiger partial charge in [-0.2, -0.15) is 0 Å². The quantitative estimate of drug-likeness (QED) is 0.169. The maximum atomic E-state index is 13.2. The van der Waals surface area contributed by atoms with Crippen LogP contribution in [0, 0.1) is 12.3 Å². The van der Waals surface area contributed by atoms with Crippen molar-refractivity contribution < 1.29 is 13.6 Å². The highest BCUT2D eigenvalue weighted by molar-refractivity contribution is 7.53. The van der Waals surface area contributed by atoms with Crippen molar-refractivity contribution in [2.75, 3.05) is 19.4 Å². The zero-order chi connectivity index (χ0) is 26.4. The molecule has 0 bridgehead atoms. The molecule has 2 aromatic heterocycles. The molecule has 194 valence electrons. The Morgan fingerprint density at radius 3 is 2.49 bits per heavy atom. The van der Waals surface area contributed by atoms with Gasteiger partial charge in [0.1, 0.15) is 11.3 Å². The zero-order valence-corrected chi connectivity index (χ0v) is 22.0. The van der Waals surface area contributed by atoms with Crippen LogP contribution in [0.1, 0.15) is 38.1 Å². The molecule has 9 nitrogen and oxygen atoms in total. The van der Waals surface area contributed by atoms with Crippen molar-refractivity contribution in [2.24, 2.45) is 0 Å². The summed E-state index contributed by atoms with van der Waals surface area (Å²) < 4.78 is 26.0. The Kier molecular flexibility index (Phi) is 8.45. The predicted octanol–water partition coefficient (Wildman–Crippen LogP) is 4.31. The molecule has 0 saturated heterocycles. The zero-order valence-electron chi connectivity index (χ0n) is 21.1. The fourth-order valence-corrected chi connectivity index (χ4v) is 6.22. The number of aryl methyl sites for hydroxylation is 1. The third kappa shape index (κ3) is 5.78. The summed E-state index contributed by atoms with van der Waals surface area (Å²) in [7, 11) is -3.17. The minimum Gasteiger partial charge on any atom is -0.336 e. The lowest BCUT2D eigenvalue weighted by atomic mass is 10.0. The van der Waals surface area contributed by atoms with Crippen molar-refractivity contribution in [1.82, 2.24) is 19.1 Å². The lowest BCUT2D eigenvalue weighted by Crippen LogP contribution is -2.40. The van der Waals surface area contributed by atoms with E-state index in [4.69, 9.17) is 15.5 Å². The van der Waals surface area contributed by atoms with Crippen molar-refractivity contribution in [3.05, 3.63) is 74.7 Å². The second kappa shape index (κ2) is 11.7. The highest BCUT2D eigenvalue weighted by Crippen LogP contribution is 2.48. The summed E-state index contributed by atoms with van der Waals surface area (Å²) in [6, 6.07) is 14.1. The Labute approximate surface area is 215 Å². The maximum absolute atomic E-state index is 13.2. The summed E-state index contributed by atoms with van der Waals surface area (Å²) in [5.74, 6) is 2.96. The SMILES string of the molecule is C#CCn1c(=O)c2[nH]c(Cc3cccc4ccccc34)nc2n(CCCCP(=O)(OCC)OCC)c1=O. The van der Waals surface area contributed by atoms with Crippen LogP contribution in [0.15, 0.2) is 52.1 Å². The topological polar surface area (TPSA) is 108 Å². The number of terminal acetylenes is 1. The van der Waals surface area contributed by atoms with Crippen LogP contribution in [0.2, 0.25) is 0 Å². The highest BCUT2D eigenvalue weighted by Gasteiger charge is 2.23. The fourth-order valence-electron chi connectivity index (χ4n) is 4.49. The second-order valence-corrected chi connectivity index (χ2v) is 10.8. The van der Waals surface area contributed by atoms with E-state index in [0.29, 0.717) is 38.3 Å². The molecule has 1 N–H and O–H groups in total. The molecule has 0 saturated carbocycles. The van der Waals surface area contributed by atoms with Crippen molar-refractivity contribution >= 4 is 29.5 Å². The van der Waals surface area contributed by atoms with Gasteiger partial charge in [0, 0.05) is 13.0 Å². The first-order valence-corrected chi connectivity index (χ1v) is 14.1. The van der Waals surface area contributed by atoms with Crippen LogP contribution >= 0.6 is 7.60 Å². The number of unbranched alkanes of at least 4 members (excludes halogenated alkanes) is 1. The fraction of sp³-hybridized carbons (Fsp3) is 0.370. The summed E-state index contributed by atoms with van der Waals surface area (Å²) in [6.45, 7) is 4.25. The monoisotopic (exact) mass is 522 g/mol. The Morgan fingerprint density at radius 1 is 1.03 bits per heavy atom. The molecule has 0 aliphatic rings. The number of aromatic amines is 1. The van der Waals surface area contributed by atoms with Gasteiger partial charge in [-0.15, -0.1) is 6.42 Å². The number of hydrogen-bond acceptors (Lipinski definition) is 6. The number of nitrogens with one attached hydrogen (secondary N) is 1. The molecule has 0 spiro atoms. The van der Waals surface area contributed by atoms with Crippen LogP contribution < -0.4 is 11.2 Å². The van der Waals surface area contributed by atoms with Gasteiger partial charge in [-0.25, -0.2) is 14.3 Å². The van der Waals surface area contributed by atoms with Gasteiger partial charge in [-0.3, -0.25) is 13.9 Å². The third-order valence-corrected chi connectivity index (χ3v) is 8.28. The lowest BCUT2D eigenvalue weighted by Gasteiger charge is -2.17. The molecule has 4 aromatic rings. The van der Waals surface area contributed by atoms with Crippen LogP contribution in [0.5, 0.6) is 0 Å². The number of rotatable bonds is 12. The average Bonchev–Trinajstić information content (AvgIpc) is 3.30. The molecule has 2 aromatic carbocycles. The first-order chi connectivity index (χ1) is 17.9. The maximum Gasteiger partial charge on any atom is 0.333 e. The molecule has 37 heavy (non-hydrogen) atoms. The Morgan fingerprint density at radius 2 is 1.76 bits per heavy atom. The lowest BCUT2D eigenvalue weighted by molar-refractivity contribution is 0.219. The van der Waals surface area contributed by atoms with Gasteiger partial charge < -0.3 is 14.0 Å². The molecule has 10 heteroatoms. The number of fused-ring (bicyclic) bond motifs is 2. The van der Waals surface area contributed by atoms with Crippen molar-refractivity contribution in [3.63, 3.8) is 0 Å². The van der Waals surface area contributed by atoms with E-state index in [1.807, 2.05) is 42.5 Å². The Hall–Kier alpha value is -3.44. The van der Waals surface area contributed by atoms with Crippen molar-refractivity contribution in [1.29, 1.82) is 0 Å². The number of H-pyrrole nitrogens is 1. The smallest absolute Gasteiger partial charge is 0.333 e. The summed E-state index contributed by atoms with van der Waals surface area (Å²) in [6.07, 6.45) is 7.16. The van der Waals surface area contributed by atoms with Crippen molar-refractivity contribution in [2.45, 2.75) is 46.2 Å². The van der Waals surface area contributed by atoms with E-state index in [1.54, 1.807) is 13.8 Å². The number of imidazole rings is 1. The van der Waals surface area contributed by atoms with Crippen LogP contribution in [0.3, 0.4) is 0 Å². The second-order valence-electron chi connectivity index (χ2n) is 8.60. The van der Waals surface area contributed by atoms with Gasteiger partial charge in [0.2, 0.25) is 0 Å². The van der Waals surface area contributed by atoms with E-state index in [-0.39, 0.29) is 30.4 Å². The van der Waals surface area contributed by atoms with E-state index in [2.05, 4.69) is 15.9 Å². The van der Waals surface area contributed by atoms with E-state index in [9.17, 15) is 14.2 Å². The van der Waals surface area contributed by atoms with Crippen LogP contribution in [-0.4, -0.2) is 38.5 Å². The molecule has 0 amide bonds. The largest absolute Gasteiger partial charge is 0.336 e. The summed E-state index contributed by atoms with van der Waals surface area (Å²) in [5.41, 5.74) is 0.563. The van der Waals surface area contributed by atoms with Crippen LogP contribution in [-0.2, 0) is 33.1 Å². The minimum absolute atomic E-state index is 0.144. The summed E-state index contributed by atoms with van der Waals surface area (Å²) >= 11 is 0. The molecular weight excluding hydrogens is 491 g/mol. The van der Waals surface area contributed by atoms with Gasteiger partial charge >= 0.3 is 13.3 Å². The standard InChI is InChI=1S/C27H31N4O5P/c1-4-16-31-26(32)24-25(30(27(31)33)17-9-10-18-37(34,35-5-2)36-6-3)29-23(28-24)19-21-14-11-13-20-12-7-8-15-22(20)21/h1,7-8,11-15H,5-6,9-10,16-19H2,2-3H3,(H,28,29). The van der Waals surface area contributed by atoms with Crippen LogP contribution in [0.25, 0.3) is 21.9 Å². The first kappa shape index (κ1) is 26.6. The number of aromatic nitrogens is 4. The Bertz CT molecular complexity index is 1600. The molecule has 0 atom stereocenters. The van der Waals surface area contributed by atoms with Gasteiger partial charge in [-0.1, -0.05) is 48.4 Å². The molecule has 0 fully saturated rings. The minimum atomic E-state index is -3.17. The highest BCUT2D eigenvalue weighted by atomic mass is 31.2. The molecule has 0 aliphatic heterocycles. The van der Waals surface area contributed by atoms with E-state index in [1.165, 1.54) is 4.57 Å². The van der Waals surface area contributed by atoms with E-state index < -0.39 is 18.8 Å². The van der Waals surface area contributed by atoms with Gasteiger partial charge in [0.05, 0.1) is 25.9 Å². The molecular formula is C27H31N4O5P. The first-order valence-electron chi connectivity index (χ1n) is 12.4. The van der Waals surface area contributed by atoms with Gasteiger partial charge in [0.25, 0.3) is 5.56 Å². The summed E-state index contributed by atoms with van der Waals surface area (Å²) in [5, 5.41) is 2.21. The molecule has 0 unspecified atom stereocenters. The number of benzene rings is 2. The van der Waals surface area contributed by atoms with Crippen LogP contribution in [0.4, 0.5) is 0 Å². The van der Waals surface area contributed by atoms with Gasteiger partial charge in [0.15, 0.2) is 5.65 Å². The average molecular weight is 523 g/mol.